The van der Waals surface area contributed by atoms with Crippen molar-refractivity contribution in [2.24, 2.45) is 0 Å². The quantitative estimate of drug-likeness (QED) is 0.327. The second-order valence-corrected chi connectivity index (χ2v) is 4.85. The minimum atomic E-state index is 0.983. The van der Waals surface area contributed by atoms with E-state index in [9.17, 15) is 0 Å². The zero-order valence-corrected chi connectivity index (χ0v) is 8.91. The summed E-state index contributed by atoms with van der Waals surface area (Å²) >= 11 is 2.09. The lowest BCUT2D eigenvalue weighted by Crippen LogP contribution is -1.77. The Balaban J connectivity index is 1.77. The summed E-state index contributed by atoms with van der Waals surface area (Å²) in [7, 11) is 0. The van der Waals surface area contributed by atoms with Crippen molar-refractivity contribution in [3.05, 3.63) is 12.2 Å². The van der Waals surface area contributed by atoms with Crippen molar-refractivity contribution in [2.45, 2.75) is 50.7 Å². The van der Waals surface area contributed by atoms with Gasteiger partial charge in [-0.15, -0.1) is 0 Å². The highest BCUT2D eigenvalue weighted by Crippen LogP contribution is 2.33. The maximum atomic E-state index is 2.37. The number of allylic oxidation sites excluding steroid dienone is 2. The predicted octanol–water partition coefficient (Wildman–Crippen LogP) is 4.02. The van der Waals surface area contributed by atoms with Gasteiger partial charge in [0.2, 0.25) is 0 Å². The van der Waals surface area contributed by atoms with Crippen LogP contribution in [0.25, 0.3) is 0 Å². The minimum absolute atomic E-state index is 0.983. The molecule has 0 aromatic heterocycles. The molecule has 1 rings (SSSR count). The van der Waals surface area contributed by atoms with Crippen molar-refractivity contribution in [3.8, 4) is 0 Å². The van der Waals surface area contributed by atoms with Crippen LogP contribution in [-0.2, 0) is 0 Å². The number of rotatable bonds is 7. The van der Waals surface area contributed by atoms with Crippen LogP contribution in [0, 0.1) is 0 Å². The summed E-state index contributed by atoms with van der Waals surface area (Å²) in [4.78, 5) is 0. The van der Waals surface area contributed by atoms with Crippen molar-refractivity contribution < 1.29 is 0 Å². The van der Waals surface area contributed by atoms with E-state index in [2.05, 4.69) is 30.8 Å². The molecule has 0 amide bonds. The highest BCUT2D eigenvalue weighted by Gasteiger charge is 2.19. The molecular weight excluding hydrogens is 164 g/mol. The Bertz CT molecular complexity index is 125. The van der Waals surface area contributed by atoms with Crippen molar-refractivity contribution in [1.82, 2.24) is 0 Å². The molecule has 1 heteroatoms. The van der Waals surface area contributed by atoms with Crippen molar-refractivity contribution >= 4 is 11.8 Å². The second kappa shape index (κ2) is 6.59. The van der Waals surface area contributed by atoms with Gasteiger partial charge in [-0.1, -0.05) is 38.3 Å². The predicted molar refractivity (Wildman–Crippen MR) is 58.8 cm³/mol. The molecule has 1 aliphatic heterocycles. The smallest absolute Gasteiger partial charge is 0.0173 e. The van der Waals surface area contributed by atoms with Crippen molar-refractivity contribution in [3.63, 3.8) is 0 Å². The van der Waals surface area contributed by atoms with Crippen LogP contribution in [0.2, 0.25) is 0 Å². The number of hydrogen-bond donors (Lipinski definition) is 0. The van der Waals surface area contributed by atoms with Crippen LogP contribution >= 0.6 is 11.8 Å². The zero-order valence-electron chi connectivity index (χ0n) is 8.09. The van der Waals surface area contributed by atoms with Crippen LogP contribution in [0.5, 0.6) is 0 Å². The SMILES string of the molecule is CCCCCC/C=C/CC1CS1. The molecule has 1 atom stereocenters. The Morgan fingerprint density at radius 2 is 2.08 bits per heavy atom. The van der Waals surface area contributed by atoms with E-state index in [1.54, 1.807) is 0 Å². The van der Waals surface area contributed by atoms with Crippen LogP contribution in [0.15, 0.2) is 12.2 Å². The second-order valence-electron chi connectivity index (χ2n) is 3.51. The molecule has 0 nitrogen and oxygen atoms in total. The molecule has 1 fully saturated rings. The first-order valence-corrected chi connectivity index (χ1v) is 6.25. The molecule has 0 radical (unpaired) electrons. The molecule has 70 valence electrons. The monoisotopic (exact) mass is 184 g/mol. The van der Waals surface area contributed by atoms with Gasteiger partial charge < -0.3 is 0 Å². The van der Waals surface area contributed by atoms with Crippen LogP contribution < -0.4 is 0 Å². The molecule has 0 aromatic carbocycles. The number of unbranched alkanes of at least 4 members (excludes halogenated alkanes) is 4. The Morgan fingerprint density at radius 1 is 1.25 bits per heavy atom. The van der Waals surface area contributed by atoms with E-state index in [1.807, 2.05) is 0 Å². The summed E-state index contributed by atoms with van der Waals surface area (Å²) in [5, 5.41) is 0.983. The van der Waals surface area contributed by atoms with Gasteiger partial charge in [0.1, 0.15) is 0 Å². The highest BCUT2D eigenvalue weighted by molar-refractivity contribution is 8.06. The zero-order chi connectivity index (χ0) is 8.65. The molecule has 1 saturated heterocycles. The lowest BCUT2D eigenvalue weighted by atomic mass is 10.1. The molecule has 0 N–H and O–H groups in total. The van der Waals surface area contributed by atoms with Gasteiger partial charge in [0.25, 0.3) is 0 Å². The lowest BCUT2D eigenvalue weighted by Gasteiger charge is -1.93. The Labute approximate surface area is 80.8 Å². The first-order valence-electron chi connectivity index (χ1n) is 5.20. The maximum Gasteiger partial charge on any atom is 0.0173 e. The fourth-order valence-corrected chi connectivity index (χ4v) is 1.78. The van der Waals surface area contributed by atoms with E-state index < -0.39 is 0 Å². The number of thioether (sulfide) groups is 1. The van der Waals surface area contributed by atoms with Gasteiger partial charge in [-0.25, -0.2) is 0 Å². The molecule has 0 saturated carbocycles. The fraction of sp³-hybridized carbons (Fsp3) is 0.818. The van der Waals surface area contributed by atoms with Crippen molar-refractivity contribution in [1.29, 1.82) is 0 Å². The average Bonchev–Trinajstić information content (AvgIpc) is 2.87. The molecule has 0 aliphatic carbocycles. The third-order valence-electron chi connectivity index (χ3n) is 2.19. The van der Waals surface area contributed by atoms with Crippen LogP contribution in [0.3, 0.4) is 0 Å². The Hall–Kier alpha value is 0.0900. The third kappa shape index (κ3) is 5.70. The van der Waals surface area contributed by atoms with Gasteiger partial charge in [0, 0.05) is 11.0 Å². The van der Waals surface area contributed by atoms with Gasteiger partial charge in [-0.05, 0) is 19.3 Å². The summed E-state index contributed by atoms with van der Waals surface area (Å²) in [5.41, 5.74) is 0. The first-order chi connectivity index (χ1) is 5.93. The van der Waals surface area contributed by atoms with E-state index in [-0.39, 0.29) is 0 Å². The summed E-state index contributed by atoms with van der Waals surface area (Å²) < 4.78 is 0. The van der Waals surface area contributed by atoms with E-state index in [4.69, 9.17) is 0 Å². The average molecular weight is 184 g/mol. The van der Waals surface area contributed by atoms with Gasteiger partial charge in [-0.2, -0.15) is 11.8 Å². The van der Waals surface area contributed by atoms with Crippen molar-refractivity contribution in [2.75, 3.05) is 5.75 Å². The van der Waals surface area contributed by atoms with Crippen LogP contribution in [-0.4, -0.2) is 11.0 Å². The molecule has 1 aliphatic rings. The molecule has 0 aromatic rings. The van der Waals surface area contributed by atoms with E-state index in [0.29, 0.717) is 0 Å². The van der Waals surface area contributed by atoms with E-state index >= 15 is 0 Å². The Morgan fingerprint density at radius 3 is 2.75 bits per heavy atom. The van der Waals surface area contributed by atoms with Crippen LogP contribution in [0.1, 0.15) is 45.4 Å². The molecular formula is C11H20S. The molecule has 1 unspecified atom stereocenters. The Kier molecular flexibility index (Phi) is 5.59. The largest absolute Gasteiger partial charge is 0.156 e. The topological polar surface area (TPSA) is 0 Å². The van der Waals surface area contributed by atoms with Gasteiger partial charge >= 0.3 is 0 Å². The van der Waals surface area contributed by atoms with Gasteiger partial charge in [0.05, 0.1) is 0 Å². The molecule has 0 bridgehead atoms. The molecule has 12 heavy (non-hydrogen) atoms. The maximum absolute atomic E-state index is 2.37. The fourth-order valence-electron chi connectivity index (χ4n) is 1.26. The van der Waals surface area contributed by atoms with E-state index in [0.717, 1.165) is 5.25 Å². The molecule has 0 spiro atoms. The summed E-state index contributed by atoms with van der Waals surface area (Å²) in [6, 6.07) is 0. The van der Waals surface area contributed by atoms with E-state index in [1.165, 1.54) is 44.3 Å². The molecule has 1 heterocycles. The third-order valence-corrected chi connectivity index (χ3v) is 3.19. The first kappa shape index (κ1) is 10.2. The number of hydrogen-bond acceptors (Lipinski definition) is 1. The minimum Gasteiger partial charge on any atom is -0.156 e. The van der Waals surface area contributed by atoms with Gasteiger partial charge in [0.15, 0.2) is 0 Å². The standard InChI is InChI=1S/C11H20S/c1-2-3-4-5-6-7-8-9-11-10-12-11/h7-8,11H,2-6,9-10H2,1H3/b8-7+. The lowest BCUT2D eigenvalue weighted by molar-refractivity contribution is 0.674. The summed E-state index contributed by atoms with van der Waals surface area (Å²) in [6.45, 7) is 2.26. The normalized spacial score (nSPS) is 21.9. The summed E-state index contributed by atoms with van der Waals surface area (Å²) in [6.07, 6.45) is 12.9. The highest BCUT2D eigenvalue weighted by atomic mass is 32.2. The van der Waals surface area contributed by atoms with Gasteiger partial charge in [-0.3, -0.25) is 0 Å². The van der Waals surface area contributed by atoms with Crippen LogP contribution in [0.4, 0.5) is 0 Å². The summed E-state index contributed by atoms with van der Waals surface area (Å²) in [5.74, 6) is 1.40.